The first-order valence-electron chi connectivity index (χ1n) is 7.57. The third kappa shape index (κ3) is 3.31. The molecule has 1 aromatic carbocycles. The van der Waals surface area contributed by atoms with Crippen LogP contribution in [0.4, 0.5) is 5.69 Å². The van der Waals surface area contributed by atoms with Crippen LogP contribution in [0.3, 0.4) is 0 Å². The topological polar surface area (TPSA) is 75.1 Å². The lowest BCUT2D eigenvalue weighted by molar-refractivity contribution is 0.102. The molecule has 0 aliphatic rings. The SMILES string of the molecule is Cc1nc(-c2ccccc2)ccc1C(=O)Nc1cnccc1CO. The monoisotopic (exact) mass is 319 g/mol. The number of aryl methyl sites for hydroxylation is 1. The summed E-state index contributed by atoms with van der Waals surface area (Å²) in [5.74, 6) is -0.276. The number of nitrogens with one attached hydrogen (secondary N) is 1. The first-order chi connectivity index (χ1) is 11.7. The fraction of sp³-hybridized carbons (Fsp3) is 0.105. The van der Waals surface area contributed by atoms with E-state index in [9.17, 15) is 9.90 Å². The summed E-state index contributed by atoms with van der Waals surface area (Å²) >= 11 is 0. The molecule has 0 aliphatic carbocycles. The molecule has 0 fully saturated rings. The van der Waals surface area contributed by atoms with E-state index < -0.39 is 0 Å². The fourth-order valence-corrected chi connectivity index (χ4v) is 2.43. The van der Waals surface area contributed by atoms with E-state index in [4.69, 9.17) is 0 Å². The number of hydrogen-bond acceptors (Lipinski definition) is 4. The van der Waals surface area contributed by atoms with Crippen LogP contribution in [0.15, 0.2) is 60.9 Å². The Balaban J connectivity index is 1.86. The molecule has 1 amide bonds. The van der Waals surface area contributed by atoms with Gasteiger partial charge in [0.15, 0.2) is 0 Å². The lowest BCUT2D eigenvalue weighted by atomic mass is 10.1. The minimum Gasteiger partial charge on any atom is -0.392 e. The van der Waals surface area contributed by atoms with Crippen LogP contribution in [0.25, 0.3) is 11.3 Å². The van der Waals surface area contributed by atoms with Gasteiger partial charge in [-0.1, -0.05) is 30.3 Å². The average Bonchev–Trinajstić information content (AvgIpc) is 2.62. The Morgan fingerprint density at radius 2 is 1.92 bits per heavy atom. The average molecular weight is 319 g/mol. The van der Waals surface area contributed by atoms with Crippen molar-refractivity contribution in [2.24, 2.45) is 0 Å². The molecule has 3 rings (SSSR count). The molecule has 0 saturated carbocycles. The maximum absolute atomic E-state index is 12.5. The molecular weight excluding hydrogens is 302 g/mol. The number of aromatic nitrogens is 2. The van der Waals surface area contributed by atoms with Crippen molar-refractivity contribution in [3.63, 3.8) is 0 Å². The van der Waals surface area contributed by atoms with Crippen LogP contribution in [-0.4, -0.2) is 21.0 Å². The molecule has 2 heterocycles. The molecule has 0 saturated heterocycles. The van der Waals surface area contributed by atoms with Gasteiger partial charge in [0, 0.05) is 17.3 Å². The van der Waals surface area contributed by atoms with Gasteiger partial charge in [-0.2, -0.15) is 0 Å². The van der Waals surface area contributed by atoms with E-state index in [1.54, 1.807) is 25.3 Å². The van der Waals surface area contributed by atoms with Crippen molar-refractivity contribution in [2.75, 3.05) is 5.32 Å². The smallest absolute Gasteiger partial charge is 0.257 e. The highest BCUT2D eigenvalue weighted by atomic mass is 16.3. The lowest BCUT2D eigenvalue weighted by Gasteiger charge is -2.11. The standard InChI is InChI=1S/C19H17N3O2/c1-13-16(7-8-17(21-13)14-5-3-2-4-6-14)19(24)22-18-11-20-10-9-15(18)12-23/h2-11,23H,12H2,1H3,(H,22,24). The van der Waals surface area contributed by atoms with Crippen molar-refractivity contribution < 1.29 is 9.90 Å². The highest BCUT2D eigenvalue weighted by Gasteiger charge is 2.13. The number of rotatable bonds is 4. The second kappa shape index (κ2) is 7.02. The zero-order chi connectivity index (χ0) is 16.9. The minimum absolute atomic E-state index is 0.164. The van der Waals surface area contributed by atoms with Crippen LogP contribution >= 0.6 is 0 Å². The van der Waals surface area contributed by atoms with Crippen LogP contribution in [-0.2, 0) is 6.61 Å². The molecule has 24 heavy (non-hydrogen) atoms. The van der Waals surface area contributed by atoms with Crippen molar-refractivity contribution in [3.8, 4) is 11.3 Å². The van der Waals surface area contributed by atoms with Gasteiger partial charge in [-0.15, -0.1) is 0 Å². The molecule has 0 unspecified atom stereocenters. The summed E-state index contributed by atoms with van der Waals surface area (Å²) in [5, 5.41) is 12.1. The molecule has 5 heteroatoms. The quantitative estimate of drug-likeness (QED) is 0.774. The van der Waals surface area contributed by atoms with E-state index in [0.717, 1.165) is 11.3 Å². The summed E-state index contributed by atoms with van der Waals surface area (Å²) in [4.78, 5) is 21.0. The highest BCUT2D eigenvalue weighted by molar-refractivity contribution is 6.05. The number of amides is 1. The fourth-order valence-electron chi connectivity index (χ4n) is 2.43. The number of nitrogens with zero attached hydrogens (tertiary/aromatic N) is 2. The number of aliphatic hydroxyl groups excluding tert-OH is 1. The number of carbonyl (C=O) groups is 1. The predicted molar refractivity (Wildman–Crippen MR) is 92.5 cm³/mol. The van der Waals surface area contributed by atoms with Gasteiger partial charge in [-0.25, -0.2) is 0 Å². The van der Waals surface area contributed by atoms with Gasteiger partial charge < -0.3 is 10.4 Å². The van der Waals surface area contributed by atoms with E-state index in [1.165, 1.54) is 6.20 Å². The third-order valence-corrected chi connectivity index (χ3v) is 3.73. The second-order valence-electron chi connectivity index (χ2n) is 5.34. The Morgan fingerprint density at radius 1 is 1.12 bits per heavy atom. The Kier molecular flexibility index (Phi) is 4.63. The molecule has 2 N–H and O–H groups in total. The van der Waals surface area contributed by atoms with Crippen LogP contribution in [0.5, 0.6) is 0 Å². The number of pyridine rings is 2. The maximum Gasteiger partial charge on any atom is 0.257 e. The van der Waals surface area contributed by atoms with Gasteiger partial charge in [0.05, 0.1) is 35.4 Å². The van der Waals surface area contributed by atoms with Crippen LogP contribution in [0, 0.1) is 6.92 Å². The van der Waals surface area contributed by atoms with Crippen LogP contribution in [0.1, 0.15) is 21.6 Å². The number of hydrogen-bond donors (Lipinski definition) is 2. The van der Waals surface area contributed by atoms with Gasteiger partial charge in [0.2, 0.25) is 0 Å². The van der Waals surface area contributed by atoms with Crippen molar-refractivity contribution in [2.45, 2.75) is 13.5 Å². The van der Waals surface area contributed by atoms with Gasteiger partial charge in [-0.05, 0) is 25.1 Å². The maximum atomic E-state index is 12.5. The Morgan fingerprint density at radius 3 is 2.62 bits per heavy atom. The molecule has 0 aliphatic heterocycles. The zero-order valence-electron chi connectivity index (χ0n) is 13.2. The number of aliphatic hydroxyl groups is 1. The summed E-state index contributed by atoms with van der Waals surface area (Å²) in [6.45, 7) is 1.64. The molecule has 120 valence electrons. The Hall–Kier alpha value is -3.05. The largest absolute Gasteiger partial charge is 0.392 e. The number of carbonyl (C=O) groups excluding carboxylic acids is 1. The van der Waals surface area contributed by atoms with Crippen LogP contribution < -0.4 is 5.32 Å². The molecule has 0 radical (unpaired) electrons. The summed E-state index contributed by atoms with van der Waals surface area (Å²) < 4.78 is 0. The number of anilines is 1. The molecular formula is C19H17N3O2. The second-order valence-corrected chi connectivity index (χ2v) is 5.34. The number of benzene rings is 1. The lowest BCUT2D eigenvalue weighted by Crippen LogP contribution is -2.15. The molecule has 0 atom stereocenters. The zero-order valence-corrected chi connectivity index (χ0v) is 13.2. The van der Waals surface area contributed by atoms with Gasteiger partial charge in [-0.3, -0.25) is 14.8 Å². The highest BCUT2D eigenvalue weighted by Crippen LogP contribution is 2.20. The first kappa shape index (κ1) is 15.8. The Bertz CT molecular complexity index is 863. The van der Waals surface area contributed by atoms with E-state index in [1.807, 2.05) is 36.4 Å². The third-order valence-electron chi connectivity index (χ3n) is 3.73. The van der Waals surface area contributed by atoms with Crippen molar-refractivity contribution in [1.82, 2.24) is 9.97 Å². The van der Waals surface area contributed by atoms with Crippen molar-refractivity contribution >= 4 is 11.6 Å². The van der Waals surface area contributed by atoms with Gasteiger partial charge in [0.25, 0.3) is 5.91 Å². The predicted octanol–water partition coefficient (Wildman–Crippen LogP) is 3.20. The molecule has 0 spiro atoms. The molecule has 3 aromatic rings. The summed E-state index contributed by atoms with van der Waals surface area (Å²) in [5.41, 5.74) is 4.07. The molecule has 5 nitrogen and oxygen atoms in total. The molecule has 2 aromatic heterocycles. The molecule has 0 bridgehead atoms. The van der Waals surface area contributed by atoms with Gasteiger partial charge in [0.1, 0.15) is 0 Å². The Labute approximate surface area is 140 Å². The minimum atomic E-state index is -0.276. The van der Waals surface area contributed by atoms with E-state index in [0.29, 0.717) is 22.5 Å². The van der Waals surface area contributed by atoms with Crippen molar-refractivity contribution in [1.29, 1.82) is 0 Å². The van der Waals surface area contributed by atoms with E-state index >= 15 is 0 Å². The van der Waals surface area contributed by atoms with Gasteiger partial charge >= 0.3 is 0 Å². The van der Waals surface area contributed by atoms with E-state index in [2.05, 4.69) is 15.3 Å². The normalized spacial score (nSPS) is 10.4. The summed E-state index contributed by atoms with van der Waals surface area (Å²) in [7, 11) is 0. The van der Waals surface area contributed by atoms with Crippen LogP contribution in [0.2, 0.25) is 0 Å². The first-order valence-corrected chi connectivity index (χ1v) is 7.57. The summed E-state index contributed by atoms with van der Waals surface area (Å²) in [6, 6.07) is 15.1. The van der Waals surface area contributed by atoms with E-state index in [-0.39, 0.29) is 12.5 Å². The van der Waals surface area contributed by atoms with Crippen molar-refractivity contribution in [3.05, 3.63) is 77.7 Å². The summed E-state index contributed by atoms with van der Waals surface area (Å²) in [6.07, 6.45) is 3.09.